The summed E-state index contributed by atoms with van der Waals surface area (Å²) < 4.78 is 0. The zero-order valence-electron chi connectivity index (χ0n) is 9.03. The van der Waals surface area contributed by atoms with E-state index in [9.17, 15) is 0 Å². The summed E-state index contributed by atoms with van der Waals surface area (Å²) in [7, 11) is 0. The van der Waals surface area contributed by atoms with E-state index in [2.05, 4.69) is 36.2 Å². The second-order valence-electron chi connectivity index (χ2n) is 3.83. The third kappa shape index (κ3) is 2.00. The lowest BCUT2D eigenvalue weighted by Gasteiger charge is -2.06. The van der Waals surface area contributed by atoms with Gasteiger partial charge in [-0.1, -0.05) is 18.2 Å². The van der Waals surface area contributed by atoms with Crippen molar-refractivity contribution in [3.05, 3.63) is 41.6 Å². The van der Waals surface area contributed by atoms with E-state index >= 15 is 0 Å². The number of aromatic nitrogens is 1. The third-order valence-corrected chi connectivity index (χ3v) is 2.72. The molecule has 15 heavy (non-hydrogen) atoms. The van der Waals surface area contributed by atoms with Crippen molar-refractivity contribution in [2.24, 2.45) is 5.73 Å². The summed E-state index contributed by atoms with van der Waals surface area (Å²) in [5.41, 5.74) is 9.25. The van der Waals surface area contributed by atoms with Crippen molar-refractivity contribution in [2.75, 3.05) is 6.54 Å². The van der Waals surface area contributed by atoms with Crippen LogP contribution in [0.3, 0.4) is 0 Å². The standard InChI is InChI=1S/C13H16N2/c1-10-7-9-15-13-11(5-3-8-14)4-2-6-12(10)13/h2,4,6-7,9H,3,5,8,14H2,1H3. The molecule has 0 aliphatic heterocycles. The van der Waals surface area contributed by atoms with E-state index < -0.39 is 0 Å². The summed E-state index contributed by atoms with van der Waals surface area (Å²) in [5.74, 6) is 0. The molecular formula is C13H16N2. The monoisotopic (exact) mass is 200 g/mol. The minimum Gasteiger partial charge on any atom is -0.330 e. The van der Waals surface area contributed by atoms with Crippen molar-refractivity contribution >= 4 is 10.9 Å². The lowest BCUT2D eigenvalue weighted by molar-refractivity contribution is 0.835. The normalized spacial score (nSPS) is 10.8. The number of nitrogens with two attached hydrogens (primary N) is 1. The molecule has 2 rings (SSSR count). The Labute approximate surface area is 90.1 Å². The first-order valence-electron chi connectivity index (χ1n) is 5.36. The Bertz CT molecular complexity index is 463. The molecule has 0 fully saturated rings. The molecule has 0 saturated heterocycles. The summed E-state index contributed by atoms with van der Waals surface area (Å²) in [6, 6.07) is 8.42. The van der Waals surface area contributed by atoms with E-state index in [-0.39, 0.29) is 0 Å². The molecule has 0 aliphatic rings. The first-order valence-corrected chi connectivity index (χ1v) is 5.36. The first-order chi connectivity index (χ1) is 7.33. The predicted octanol–water partition coefficient (Wildman–Crippen LogP) is 2.43. The van der Waals surface area contributed by atoms with Gasteiger partial charge >= 0.3 is 0 Å². The quantitative estimate of drug-likeness (QED) is 0.826. The van der Waals surface area contributed by atoms with Crippen molar-refractivity contribution in [1.82, 2.24) is 4.98 Å². The third-order valence-electron chi connectivity index (χ3n) is 2.72. The minimum absolute atomic E-state index is 0.738. The number of nitrogens with zero attached hydrogens (tertiary/aromatic N) is 1. The van der Waals surface area contributed by atoms with Gasteiger partial charge in [0, 0.05) is 11.6 Å². The molecule has 1 aromatic carbocycles. The van der Waals surface area contributed by atoms with Crippen LogP contribution >= 0.6 is 0 Å². The molecule has 1 aromatic heterocycles. The van der Waals surface area contributed by atoms with Gasteiger partial charge in [-0.2, -0.15) is 0 Å². The SMILES string of the molecule is Cc1ccnc2c(CCCN)cccc12. The Balaban J connectivity index is 2.51. The topological polar surface area (TPSA) is 38.9 Å². The predicted molar refractivity (Wildman–Crippen MR) is 63.9 cm³/mol. The van der Waals surface area contributed by atoms with Crippen LogP contribution in [0, 0.1) is 6.92 Å². The van der Waals surface area contributed by atoms with E-state index in [1.165, 1.54) is 16.5 Å². The van der Waals surface area contributed by atoms with Gasteiger partial charge in [0.15, 0.2) is 0 Å². The Kier molecular flexibility index (Phi) is 2.97. The molecule has 0 unspecified atom stereocenters. The lowest BCUT2D eigenvalue weighted by Crippen LogP contribution is -2.01. The van der Waals surface area contributed by atoms with E-state index in [0.29, 0.717) is 0 Å². The van der Waals surface area contributed by atoms with E-state index in [4.69, 9.17) is 5.73 Å². The molecule has 0 saturated carbocycles. The van der Waals surface area contributed by atoms with Crippen molar-refractivity contribution in [1.29, 1.82) is 0 Å². The van der Waals surface area contributed by atoms with Gasteiger partial charge in [-0.25, -0.2) is 0 Å². The molecule has 2 nitrogen and oxygen atoms in total. The first kappa shape index (κ1) is 10.1. The summed E-state index contributed by atoms with van der Waals surface area (Å²) >= 11 is 0. The molecule has 1 heterocycles. The van der Waals surface area contributed by atoms with Gasteiger partial charge in [0.05, 0.1) is 5.52 Å². The van der Waals surface area contributed by atoms with Crippen LogP contribution in [0.2, 0.25) is 0 Å². The zero-order valence-corrected chi connectivity index (χ0v) is 9.03. The van der Waals surface area contributed by atoms with Gasteiger partial charge in [0.1, 0.15) is 0 Å². The molecule has 0 spiro atoms. The fourth-order valence-corrected chi connectivity index (χ4v) is 1.87. The number of benzene rings is 1. The van der Waals surface area contributed by atoms with E-state index in [1.807, 2.05) is 6.20 Å². The maximum atomic E-state index is 5.53. The van der Waals surface area contributed by atoms with Crippen LogP contribution in [0.4, 0.5) is 0 Å². The minimum atomic E-state index is 0.738. The molecule has 0 amide bonds. The molecule has 2 N–H and O–H groups in total. The van der Waals surface area contributed by atoms with Gasteiger partial charge in [0.25, 0.3) is 0 Å². The van der Waals surface area contributed by atoms with Gasteiger partial charge in [-0.3, -0.25) is 4.98 Å². The number of pyridine rings is 1. The van der Waals surface area contributed by atoms with Crippen molar-refractivity contribution in [3.63, 3.8) is 0 Å². The highest BCUT2D eigenvalue weighted by Gasteiger charge is 2.02. The average molecular weight is 200 g/mol. The fraction of sp³-hybridized carbons (Fsp3) is 0.308. The highest BCUT2D eigenvalue weighted by atomic mass is 14.7. The maximum absolute atomic E-state index is 5.53. The van der Waals surface area contributed by atoms with Gasteiger partial charge < -0.3 is 5.73 Å². The van der Waals surface area contributed by atoms with Crippen molar-refractivity contribution in [2.45, 2.75) is 19.8 Å². The molecular weight excluding hydrogens is 184 g/mol. The van der Waals surface area contributed by atoms with Crippen LogP contribution in [-0.4, -0.2) is 11.5 Å². The molecule has 2 heteroatoms. The summed E-state index contributed by atoms with van der Waals surface area (Å²) in [6.45, 7) is 2.86. The largest absolute Gasteiger partial charge is 0.330 e. The Morgan fingerprint density at radius 2 is 2.13 bits per heavy atom. The number of hydrogen-bond acceptors (Lipinski definition) is 2. The molecule has 78 valence electrons. The number of hydrogen-bond donors (Lipinski definition) is 1. The second kappa shape index (κ2) is 4.41. The summed E-state index contributed by atoms with van der Waals surface area (Å²) in [4.78, 5) is 4.45. The van der Waals surface area contributed by atoms with E-state index in [0.717, 1.165) is 24.9 Å². The van der Waals surface area contributed by atoms with Crippen LogP contribution < -0.4 is 5.73 Å². The number of para-hydroxylation sites is 1. The maximum Gasteiger partial charge on any atom is 0.0736 e. The van der Waals surface area contributed by atoms with Crippen LogP contribution in [0.25, 0.3) is 10.9 Å². The number of fused-ring (bicyclic) bond motifs is 1. The lowest BCUT2D eigenvalue weighted by atomic mass is 10.0. The summed E-state index contributed by atoms with van der Waals surface area (Å²) in [5, 5.41) is 1.26. The van der Waals surface area contributed by atoms with Gasteiger partial charge in [0.2, 0.25) is 0 Å². The van der Waals surface area contributed by atoms with Crippen LogP contribution in [0.1, 0.15) is 17.5 Å². The van der Waals surface area contributed by atoms with E-state index in [1.54, 1.807) is 0 Å². The fourth-order valence-electron chi connectivity index (χ4n) is 1.87. The zero-order chi connectivity index (χ0) is 10.7. The Hall–Kier alpha value is -1.41. The smallest absolute Gasteiger partial charge is 0.0736 e. The Morgan fingerprint density at radius 1 is 1.27 bits per heavy atom. The molecule has 0 bridgehead atoms. The van der Waals surface area contributed by atoms with Gasteiger partial charge in [-0.15, -0.1) is 0 Å². The van der Waals surface area contributed by atoms with Crippen LogP contribution in [0.5, 0.6) is 0 Å². The van der Waals surface area contributed by atoms with Gasteiger partial charge in [-0.05, 0) is 43.5 Å². The number of aryl methyl sites for hydroxylation is 2. The van der Waals surface area contributed by atoms with Crippen LogP contribution in [0.15, 0.2) is 30.5 Å². The highest BCUT2D eigenvalue weighted by molar-refractivity contribution is 5.84. The number of rotatable bonds is 3. The highest BCUT2D eigenvalue weighted by Crippen LogP contribution is 2.20. The molecule has 2 aromatic rings. The average Bonchev–Trinajstić information content (AvgIpc) is 2.27. The molecule has 0 radical (unpaired) electrons. The Morgan fingerprint density at radius 3 is 2.93 bits per heavy atom. The van der Waals surface area contributed by atoms with Crippen LogP contribution in [-0.2, 0) is 6.42 Å². The molecule has 0 aliphatic carbocycles. The second-order valence-corrected chi connectivity index (χ2v) is 3.83. The van der Waals surface area contributed by atoms with Crippen molar-refractivity contribution in [3.8, 4) is 0 Å². The van der Waals surface area contributed by atoms with Crippen molar-refractivity contribution < 1.29 is 0 Å². The summed E-state index contributed by atoms with van der Waals surface area (Å²) in [6.07, 6.45) is 3.92. The molecule has 0 atom stereocenters.